The first-order valence-electron chi connectivity index (χ1n) is 41.3. The summed E-state index contributed by atoms with van der Waals surface area (Å²) in [4.78, 5) is 225. The summed E-state index contributed by atoms with van der Waals surface area (Å²) in [6, 6.07) is 0. The summed E-state index contributed by atoms with van der Waals surface area (Å²) in [7, 11) is 0. The second-order valence-corrected chi connectivity index (χ2v) is 44.8. The van der Waals surface area contributed by atoms with E-state index in [4.69, 9.17) is 211 Å². The Balaban J connectivity index is 9.16. The van der Waals surface area contributed by atoms with Crippen LogP contribution >= 0.6 is 208 Å². The topological polar surface area (TPSA) is 495 Å². The number of esters is 16. The van der Waals surface area contributed by atoms with E-state index < -0.39 is 289 Å². The molecular weight excluding hydrogens is 2210 g/mol. The third-order valence-electron chi connectivity index (χ3n) is 16.6. The Bertz CT molecular complexity index is 3580. The molecule has 0 aromatic carbocycles. The van der Waals surface area contributed by atoms with Gasteiger partial charge in [0.2, 0.25) is 35.1 Å². The van der Waals surface area contributed by atoms with Gasteiger partial charge in [-0.05, 0) is 215 Å². The number of thioether (sulfide) groups is 8. The summed E-state index contributed by atoms with van der Waals surface area (Å²) in [6.07, 6.45) is 0. The molecule has 0 amide bonds. The van der Waals surface area contributed by atoms with E-state index in [1.54, 1.807) is 55.4 Å². The molecule has 138 heavy (non-hydrogen) atoms. The number of carbonyl (C=O) groups excluding carboxylic acids is 16. The van der Waals surface area contributed by atoms with E-state index in [0.717, 1.165) is 143 Å². The molecule has 0 aromatic heterocycles. The van der Waals surface area contributed by atoms with Crippen LogP contribution in [0, 0.1) is 37.9 Å². The molecule has 40 nitrogen and oxygen atoms in total. The predicted molar refractivity (Wildman–Crippen MR) is 549 cm³/mol. The molecule has 0 saturated heterocycles. The highest BCUT2D eigenvalue weighted by molar-refractivity contribution is 9.10. The number of thiocarbonyl (C=S) groups is 8. The molecule has 57 heteroatoms. The van der Waals surface area contributed by atoms with Crippen LogP contribution in [0.2, 0.25) is 0 Å². The quantitative estimate of drug-likeness (QED) is 0.0179. The van der Waals surface area contributed by atoms with Crippen molar-refractivity contribution in [1.29, 1.82) is 0 Å². The molecule has 0 aromatic rings. The van der Waals surface area contributed by atoms with E-state index >= 15 is 14.4 Å². The van der Waals surface area contributed by atoms with Gasteiger partial charge < -0.3 is 114 Å². The molecule has 0 N–H and O–H groups in total. The molecule has 0 fully saturated rings. The zero-order chi connectivity index (χ0) is 105. The molecule has 0 bridgehead atoms. The van der Waals surface area contributed by atoms with Gasteiger partial charge in [0, 0.05) is 0 Å². The zero-order valence-electron chi connectivity index (χ0n) is 78.9. The second kappa shape index (κ2) is 69.8. The van der Waals surface area contributed by atoms with Gasteiger partial charge in [-0.3, -0.25) is 76.7 Å². The van der Waals surface area contributed by atoms with E-state index in [1.807, 2.05) is 0 Å². The summed E-state index contributed by atoms with van der Waals surface area (Å²) < 4.78 is 130. The number of alkyl halides is 1. The molecule has 0 radical (unpaired) electrons. The van der Waals surface area contributed by atoms with Crippen LogP contribution in [-0.4, -0.2) is 339 Å². The fraction of sp³-hybridized carbons (Fsp3) is 0.704. The Labute approximate surface area is 885 Å². The standard InChI is InChI=1S/C81H115BrO40S16/c1-18-99-66(123)131-28-50(83)109-36-75(11,37-110-51(84)29-132-67(124)100-19-2)60(93)119-46-80(16,47-120-61(94)76(12,38-111-52(85)30-133-68(125)101-20-3)39-112-53(86)31-134-69(126)102-21-4)64(97)117-44-79(15,59(92)108-27-26-107-58(91)74(9,10)82)45-118-65(98)81(17,48-121-62(95)77(13,40-113-54(87)32-135-70(127)103-22-5)41-114-55(88)33-136-71(128)104-23-6)49-122-63(96)78(14,42-115-56(89)34-137-72(129)105-24-7)43-116-57(90)35-138-73(130)106-25-8/h18-49H2,1-17H3. The normalized spacial score (nSPS) is 11.5. The van der Waals surface area contributed by atoms with Crippen LogP contribution in [0.15, 0.2) is 0 Å². The van der Waals surface area contributed by atoms with Crippen LogP contribution in [0.4, 0.5) is 0 Å². The lowest BCUT2D eigenvalue weighted by molar-refractivity contribution is -0.186. The third kappa shape index (κ3) is 55.7. The molecule has 0 spiro atoms. The first-order valence-corrected chi connectivity index (χ1v) is 53.2. The predicted octanol–water partition coefficient (Wildman–Crippen LogP) is 10.3. The van der Waals surface area contributed by atoms with Crippen molar-refractivity contribution < 1.29 is 190 Å². The molecule has 0 atom stereocenters. The van der Waals surface area contributed by atoms with Gasteiger partial charge in [0.1, 0.15) is 148 Å². The second-order valence-electron chi connectivity index (χ2n) is 30.2. The Morgan fingerprint density at radius 1 is 0.181 bits per heavy atom. The van der Waals surface area contributed by atoms with Crippen LogP contribution in [-0.2, 0) is 190 Å². The Kier molecular flexibility index (Phi) is 66.7. The monoisotopic (exact) mass is 2320 g/mol. The molecule has 0 aliphatic carbocycles. The minimum Gasteiger partial charge on any atom is -0.479 e. The van der Waals surface area contributed by atoms with Gasteiger partial charge >= 0.3 is 95.5 Å². The number of halogens is 1. The van der Waals surface area contributed by atoms with Gasteiger partial charge in [-0.2, -0.15) is 0 Å². The van der Waals surface area contributed by atoms with Crippen molar-refractivity contribution in [2.45, 2.75) is 122 Å². The first-order chi connectivity index (χ1) is 64.6. The minimum atomic E-state index is -2.60. The third-order valence-corrected chi connectivity index (χ3v) is 26.6. The van der Waals surface area contributed by atoms with E-state index in [0.29, 0.717) is 0 Å². The number of carbonyl (C=O) groups is 16. The largest absolute Gasteiger partial charge is 0.479 e. The van der Waals surface area contributed by atoms with Crippen LogP contribution in [0.3, 0.4) is 0 Å². The average Bonchev–Trinajstić information content (AvgIpc) is 0.813. The zero-order valence-corrected chi connectivity index (χ0v) is 93.5. The Hall–Kier alpha value is -6.08. The fourth-order valence-electron chi connectivity index (χ4n) is 8.60. The van der Waals surface area contributed by atoms with E-state index in [9.17, 15) is 62.3 Å². The van der Waals surface area contributed by atoms with Gasteiger partial charge in [0.15, 0.2) is 0 Å². The lowest BCUT2D eigenvalue weighted by Gasteiger charge is -2.34. The first kappa shape index (κ1) is 132. The van der Waals surface area contributed by atoms with Crippen LogP contribution in [0.25, 0.3) is 0 Å². The Morgan fingerprint density at radius 2 is 0.290 bits per heavy atom. The van der Waals surface area contributed by atoms with Crippen LogP contribution < -0.4 is 0 Å². The van der Waals surface area contributed by atoms with E-state index in [2.05, 4.69) is 15.9 Å². The lowest BCUT2D eigenvalue weighted by atomic mass is 9.89. The number of ether oxygens (including phenoxy) is 24. The number of rotatable bonds is 63. The SMILES string of the molecule is CCOC(=S)SCC(=O)OCC(C)(COC(=O)CSC(=S)OCC)C(=O)OCC(C)(COC(=O)C(C)(COC(=O)CSC(=S)OCC)COC(=O)CSC(=S)OCC)C(=O)OCC(C)(COC(=O)C(C)(COC(=O)C(C)(COC(=O)CSC(=S)OCC)COC(=O)CSC(=S)OCC)COC(=O)C(C)(COC(=O)CSC(=S)OCC)COC(=O)CSC(=S)OCC)C(=O)OCCOC(=O)C(C)(C)Br. The van der Waals surface area contributed by atoms with Crippen molar-refractivity contribution in [2.24, 2.45) is 37.9 Å². The van der Waals surface area contributed by atoms with Gasteiger partial charge in [0.05, 0.1) is 98.9 Å². The van der Waals surface area contributed by atoms with E-state index in [-0.39, 0.29) is 87.9 Å². The maximum absolute atomic E-state index is 15.5. The van der Waals surface area contributed by atoms with Gasteiger partial charge in [-0.1, -0.05) is 110 Å². The lowest BCUT2D eigenvalue weighted by Crippen LogP contribution is -2.49. The highest BCUT2D eigenvalue weighted by Crippen LogP contribution is 2.35. The van der Waals surface area contributed by atoms with Crippen molar-refractivity contribution in [3.63, 3.8) is 0 Å². The number of hydrogen-bond donors (Lipinski definition) is 0. The van der Waals surface area contributed by atoms with E-state index in [1.165, 1.54) is 13.8 Å². The van der Waals surface area contributed by atoms with Crippen molar-refractivity contribution >= 4 is 338 Å². The van der Waals surface area contributed by atoms with Crippen molar-refractivity contribution in [1.82, 2.24) is 0 Å². The van der Waals surface area contributed by atoms with Crippen molar-refractivity contribution in [3.8, 4) is 0 Å². The summed E-state index contributed by atoms with van der Waals surface area (Å²) in [5.74, 6) is -22.5. The van der Waals surface area contributed by atoms with Crippen LogP contribution in [0.1, 0.15) is 118 Å². The molecule has 0 unspecified atom stereocenters. The maximum atomic E-state index is 15.5. The summed E-state index contributed by atoms with van der Waals surface area (Å²) in [6.45, 7) is 8.16. The summed E-state index contributed by atoms with van der Waals surface area (Å²) >= 11 is 50.3. The van der Waals surface area contributed by atoms with Crippen molar-refractivity contribution in [2.75, 3.05) is 205 Å². The highest BCUT2D eigenvalue weighted by Gasteiger charge is 2.51. The van der Waals surface area contributed by atoms with Gasteiger partial charge in [-0.15, -0.1) is 0 Å². The summed E-state index contributed by atoms with van der Waals surface area (Å²) in [5, 5.41) is 0. The fourth-order valence-corrected chi connectivity index (χ4v) is 15.2. The molecule has 0 aliphatic heterocycles. The molecule has 0 aliphatic rings. The maximum Gasteiger partial charge on any atom is 0.322 e. The smallest absolute Gasteiger partial charge is 0.322 e. The van der Waals surface area contributed by atoms with Gasteiger partial charge in [-0.25, -0.2) is 0 Å². The number of hydrogen-bond acceptors (Lipinski definition) is 56. The molecule has 0 saturated carbocycles. The molecule has 0 rings (SSSR count). The van der Waals surface area contributed by atoms with Crippen LogP contribution in [0.5, 0.6) is 0 Å². The summed E-state index contributed by atoms with van der Waals surface area (Å²) in [5.41, 5.74) is -16.6. The highest BCUT2D eigenvalue weighted by atomic mass is 79.9. The van der Waals surface area contributed by atoms with Gasteiger partial charge in [0.25, 0.3) is 0 Å². The average molecular weight is 2320 g/mol. The minimum absolute atomic E-state index is 0.0433. The van der Waals surface area contributed by atoms with Crippen molar-refractivity contribution in [3.05, 3.63) is 0 Å². The molecule has 782 valence electrons. The molecular formula is C81H115BrO40S16. The molecule has 0 heterocycles. The Morgan fingerprint density at radius 3 is 0.406 bits per heavy atom.